The Kier molecular flexibility index (Phi) is 2.97. The molecule has 1 aliphatic carbocycles. The molecular formula is C14H22O3. The Hall–Kier alpha value is -0.640. The monoisotopic (exact) mass is 238 g/mol. The molecule has 2 rings (SSSR count). The molecule has 1 heterocycles. The van der Waals surface area contributed by atoms with Crippen molar-refractivity contribution in [3.05, 3.63) is 24.3 Å². The van der Waals surface area contributed by atoms with E-state index in [0.29, 0.717) is 19.6 Å². The maximum absolute atomic E-state index is 10.3. The van der Waals surface area contributed by atoms with Crippen molar-refractivity contribution in [2.24, 2.45) is 5.41 Å². The van der Waals surface area contributed by atoms with Crippen molar-refractivity contribution < 1.29 is 14.6 Å². The maximum Gasteiger partial charge on any atom is 0.162 e. The highest BCUT2D eigenvalue weighted by atomic mass is 16.7. The van der Waals surface area contributed by atoms with Crippen LogP contribution in [0.1, 0.15) is 33.6 Å². The molecule has 3 nitrogen and oxygen atoms in total. The average Bonchev–Trinajstić information content (AvgIpc) is 2.21. The second-order valence-electron chi connectivity index (χ2n) is 6.11. The van der Waals surface area contributed by atoms with E-state index in [1.165, 1.54) is 0 Å². The number of hydrogen-bond acceptors (Lipinski definition) is 3. The molecule has 1 spiro atoms. The van der Waals surface area contributed by atoms with Crippen LogP contribution in [-0.2, 0) is 9.47 Å². The lowest BCUT2D eigenvalue weighted by Crippen LogP contribution is -2.51. The molecule has 17 heavy (non-hydrogen) atoms. The van der Waals surface area contributed by atoms with Crippen LogP contribution in [0.5, 0.6) is 0 Å². The molecular weight excluding hydrogens is 216 g/mol. The van der Waals surface area contributed by atoms with Crippen LogP contribution in [0.15, 0.2) is 24.3 Å². The Bertz CT molecular complexity index is 342. The highest BCUT2D eigenvalue weighted by Gasteiger charge is 2.46. The van der Waals surface area contributed by atoms with E-state index in [1.54, 1.807) is 0 Å². The Balaban J connectivity index is 2.18. The van der Waals surface area contributed by atoms with Crippen LogP contribution in [-0.4, -0.2) is 29.7 Å². The molecule has 0 saturated carbocycles. The van der Waals surface area contributed by atoms with Gasteiger partial charge in [-0.3, -0.25) is 0 Å². The summed E-state index contributed by atoms with van der Waals surface area (Å²) in [6.07, 6.45) is 5.25. The number of hydrogen-bond donors (Lipinski definition) is 1. The smallest absolute Gasteiger partial charge is 0.162 e. The van der Waals surface area contributed by atoms with Crippen LogP contribution in [0.25, 0.3) is 0 Å². The van der Waals surface area contributed by atoms with Crippen LogP contribution in [0.2, 0.25) is 0 Å². The standard InChI is InChI=1S/C14H22O3/c1-5-11-6-13(4,15)8-14(7-11)9-16-12(2,3)17-10-14/h5-6,15H,1,7-10H2,2-4H3. The van der Waals surface area contributed by atoms with E-state index in [4.69, 9.17) is 9.47 Å². The summed E-state index contributed by atoms with van der Waals surface area (Å²) in [5, 5.41) is 10.3. The van der Waals surface area contributed by atoms with E-state index in [-0.39, 0.29) is 5.41 Å². The van der Waals surface area contributed by atoms with E-state index in [0.717, 1.165) is 12.0 Å². The van der Waals surface area contributed by atoms with Crippen molar-refractivity contribution in [1.29, 1.82) is 0 Å². The predicted octanol–water partition coefficient (Wildman–Crippen LogP) is 2.41. The number of ether oxygens (including phenoxy) is 2. The summed E-state index contributed by atoms with van der Waals surface area (Å²) in [5.74, 6) is -0.507. The van der Waals surface area contributed by atoms with Gasteiger partial charge in [0.05, 0.1) is 18.8 Å². The second kappa shape index (κ2) is 3.94. The number of rotatable bonds is 1. The number of aliphatic hydroxyl groups is 1. The van der Waals surface area contributed by atoms with E-state index in [1.807, 2.05) is 32.9 Å². The molecule has 0 amide bonds. The van der Waals surface area contributed by atoms with Crippen molar-refractivity contribution in [1.82, 2.24) is 0 Å². The van der Waals surface area contributed by atoms with Gasteiger partial charge in [-0.1, -0.05) is 18.7 Å². The highest BCUT2D eigenvalue weighted by Crippen LogP contribution is 2.45. The van der Waals surface area contributed by atoms with Crippen LogP contribution in [0, 0.1) is 5.41 Å². The summed E-state index contributed by atoms with van der Waals surface area (Å²) in [4.78, 5) is 0. The number of allylic oxidation sites excluding steroid dienone is 2. The predicted molar refractivity (Wildman–Crippen MR) is 66.6 cm³/mol. The van der Waals surface area contributed by atoms with Crippen LogP contribution >= 0.6 is 0 Å². The van der Waals surface area contributed by atoms with Gasteiger partial charge in [0.25, 0.3) is 0 Å². The van der Waals surface area contributed by atoms with Crippen LogP contribution in [0.3, 0.4) is 0 Å². The van der Waals surface area contributed by atoms with Gasteiger partial charge in [0.2, 0.25) is 0 Å². The van der Waals surface area contributed by atoms with Crippen molar-refractivity contribution in [3.8, 4) is 0 Å². The SMILES string of the molecule is C=CC1=CC(C)(O)CC2(COC(C)(C)OC2)C1. The van der Waals surface area contributed by atoms with E-state index >= 15 is 0 Å². The molecule has 1 unspecified atom stereocenters. The van der Waals surface area contributed by atoms with E-state index in [2.05, 4.69) is 6.58 Å². The third-order valence-electron chi connectivity index (χ3n) is 3.52. The van der Waals surface area contributed by atoms with Crippen molar-refractivity contribution >= 4 is 0 Å². The third kappa shape index (κ3) is 2.79. The van der Waals surface area contributed by atoms with E-state index in [9.17, 15) is 5.11 Å². The van der Waals surface area contributed by atoms with Gasteiger partial charge in [-0.25, -0.2) is 0 Å². The molecule has 0 aromatic rings. The Morgan fingerprint density at radius 3 is 2.41 bits per heavy atom. The fourth-order valence-electron chi connectivity index (χ4n) is 2.83. The topological polar surface area (TPSA) is 38.7 Å². The molecule has 0 radical (unpaired) electrons. The van der Waals surface area contributed by atoms with Gasteiger partial charge in [-0.2, -0.15) is 0 Å². The normalized spacial score (nSPS) is 35.4. The molecule has 0 bridgehead atoms. The van der Waals surface area contributed by atoms with Crippen LogP contribution < -0.4 is 0 Å². The summed E-state index contributed by atoms with van der Waals surface area (Å²) >= 11 is 0. The Morgan fingerprint density at radius 2 is 1.88 bits per heavy atom. The first kappa shape index (κ1) is 12.8. The summed E-state index contributed by atoms with van der Waals surface area (Å²) in [5.41, 5.74) is 0.168. The Labute approximate surface area is 103 Å². The lowest BCUT2D eigenvalue weighted by Gasteiger charge is -2.48. The van der Waals surface area contributed by atoms with Gasteiger partial charge in [-0.05, 0) is 39.2 Å². The molecule has 1 atom stereocenters. The third-order valence-corrected chi connectivity index (χ3v) is 3.52. The van der Waals surface area contributed by atoms with Gasteiger partial charge in [0.15, 0.2) is 5.79 Å². The van der Waals surface area contributed by atoms with Gasteiger partial charge in [-0.15, -0.1) is 0 Å². The highest BCUT2D eigenvalue weighted by molar-refractivity contribution is 5.27. The zero-order chi connectivity index (χ0) is 12.7. The lowest BCUT2D eigenvalue weighted by atomic mass is 9.69. The Morgan fingerprint density at radius 1 is 1.29 bits per heavy atom. The summed E-state index contributed by atoms with van der Waals surface area (Å²) < 4.78 is 11.5. The molecule has 3 heteroatoms. The maximum atomic E-state index is 10.3. The minimum absolute atomic E-state index is 0.114. The fraction of sp³-hybridized carbons (Fsp3) is 0.714. The van der Waals surface area contributed by atoms with Crippen molar-refractivity contribution in [3.63, 3.8) is 0 Å². The van der Waals surface area contributed by atoms with Gasteiger partial charge in [0.1, 0.15) is 0 Å². The first-order chi connectivity index (χ1) is 7.76. The molecule has 2 aliphatic rings. The first-order valence-electron chi connectivity index (χ1n) is 6.10. The zero-order valence-corrected chi connectivity index (χ0v) is 11.0. The molecule has 1 saturated heterocycles. The molecule has 0 aromatic heterocycles. The second-order valence-corrected chi connectivity index (χ2v) is 6.11. The first-order valence-corrected chi connectivity index (χ1v) is 6.10. The van der Waals surface area contributed by atoms with Gasteiger partial charge >= 0.3 is 0 Å². The van der Waals surface area contributed by atoms with Crippen molar-refractivity contribution in [2.75, 3.05) is 13.2 Å². The molecule has 1 N–H and O–H groups in total. The molecule has 0 aromatic carbocycles. The van der Waals surface area contributed by atoms with Gasteiger partial charge < -0.3 is 14.6 Å². The summed E-state index contributed by atoms with van der Waals surface area (Å²) in [6.45, 7) is 10.7. The average molecular weight is 238 g/mol. The summed E-state index contributed by atoms with van der Waals surface area (Å²) in [7, 11) is 0. The molecule has 1 fully saturated rings. The van der Waals surface area contributed by atoms with Gasteiger partial charge in [0, 0.05) is 5.41 Å². The molecule has 96 valence electrons. The fourth-order valence-corrected chi connectivity index (χ4v) is 2.83. The minimum atomic E-state index is -0.796. The summed E-state index contributed by atoms with van der Waals surface area (Å²) in [6, 6.07) is 0. The minimum Gasteiger partial charge on any atom is -0.386 e. The van der Waals surface area contributed by atoms with E-state index < -0.39 is 11.4 Å². The quantitative estimate of drug-likeness (QED) is 0.762. The zero-order valence-electron chi connectivity index (χ0n) is 11.0. The largest absolute Gasteiger partial charge is 0.386 e. The molecule has 1 aliphatic heterocycles. The van der Waals surface area contributed by atoms with Crippen LogP contribution in [0.4, 0.5) is 0 Å². The lowest BCUT2D eigenvalue weighted by molar-refractivity contribution is -0.291. The van der Waals surface area contributed by atoms with Crippen molar-refractivity contribution in [2.45, 2.75) is 45.0 Å².